The summed E-state index contributed by atoms with van der Waals surface area (Å²) in [5, 5.41) is 67.0. The molecule has 130 valence electrons. The van der Waals surface area contributed by atoms with Gasteiger partial charge in [0.15, 0.2) is 6.29 Å². The average Bonchev–Trinajstić information content (AvgIpc) is 2.52. The highest BCUT2D eigenvalue weighted by Gasteiger charge is 2.48. The van der Waals surface area contributed by atoms with E-state index in [-0.39, 0.29) is 6.61 Å². The van der Waals surface area contributed by atoms with Crippen molar-refractivity contribution >= 4 is 0 Å². The van der Waals surface area contributed by atoms with Crippen molar-refractivity contribution in [2.45, 2.75) is 55.1 Å². The molecule has 2 heterocycles. The van der Waals surface area contributed by atoms with E-state index in [0.29, 0.717) is 0 Å². The van der Waals surface area contributed by atoms with Gasteiger partial charge in [-0.25, -0.2) is 0 Å². The highest BCUT2D eigenvalue weighted by molar-refractivity contribution is 4.92. The SMILES string of the molecule is OC[C@H]1O[C@@H](O[C@@H]2[C@H](O)[C@@H](O)CO[C@@H]2CO)[C@H](O)[C@@H](O)[C@@H]1O. The van der Waals surface area contributed by atoms with Gasteiger partial charge in [0.2, 0.25) is 0 Å². The predicted octanol–water partition coefficient (Wildman–Crippen LogP) is -4.72. The zero-order valence-corrected chi connectivity index (χ0v) is 11.7. The Labute approximate surface area is 126 Å². The first-order valence-electron chi connectivity index (χ1n) is 6.95. The van der Waals surface area contributed by atoms with Gasteiger partial charge in [-0.2, -0.15) is 0 Å². The number of ether oxygens (including phenoxy) is 3. The van der Waals surface area contributed by atoms with E-state index >= 15 is 0 Å². The van der Waals surface area contributed by atoms with E-state index in [4.69, 9.17) is 19.3 Å². The van der Waals surface area contributed by atoms with Gasteiger partial charge < -0.3 is 50.0 Å². The zero-order chi connectivity index (χ0) is 16.4. The van der Waals surface area contributed by atoms with Crippen LogP contribution in [0.1, 0.15) is 0 Å². The molecule has 2 aliphatic heterocycles. The quantitative estimate of drug-likeness (QED) is 0.266. The number of hydrogen-bond donors (Lipinski definition) is 7. The van der Waals surface area contributed by atoms with Crippen molar-refractivity contribution in [2.24, 2.45) is 0 Å². The van der Waals surface area contributed by atoms with Crippen LogP contribution in [-0.2, 0) is 14.2 Å². The van der Waals surface area contributed by atoms with Crippen molar-refractivity contribution in [2.75, 3.05) is 19.8 Å². The van der Waals surface area contributed by atoms with Crippen LogP contribution in [0.3, 0.4) is 0 Å². The molecule has 0 bridgehead atoms. The predicted molar refractivity (Wildman–Crippen MR) is 67.5 cm³/mol. The first-order valence-corrected chi connectivity index (χ1v) is 6.95. The third-order valence-electron chi connectivity index (χ3n) is 3.90. The Balaban J connectivity index is 2.09. The Kier molecular flexibility index (Phi) is 6.07. The monoisotopic (exact) mass is 326 g/mol. The van der Waals surface area contributed by atoms with Gasteiger partial charge in [0.1, 0.15) is 48.8 Å². The van der Waals surface area contributed by atoms with Gasteiger partial charge in [-0.1, -0.05) is 0 Å². The van der Waals surface area contributed by atoms with E-state index in [1.54, 1.807) is 0 Å². The van der Waals surface area contributed by atoms with Crippen molar-refractivity contribution in [3.05, 3.63) is 0 Å². The fraction of sp³-hybridized carbons (Fsp3) is 1.00. The number of aliphatic hydroxyl groups is 7. The lowest BCUT2D eigenvalue weighted by atomic mass is 9.97. The van der Waals surface area contributed by atoms with Crippen LogP contribution in [-0.4, -0.2) is 111 Å². The van der Waals surface area contributed by atoms with Gasteiger partial charge in [0, 0.05) is 0 Å². The highest BCUT2D eigenvalue weighted by atomic mass is 16.7. The summed E-state index contributed by atoms with van der Waals surface area (Å²) in [5.41, 5.74) is 0. The van der Waals surface area contributed by atoms with Crippen molar-refractivity contribution in [1.82, 2.24) is 0 Å². The number of aliphatic hydroxyl groups excluding tert-OH is 7. The topological polar surface area (TPSA) is 169 Å². The Morgan fingerprint density at radius 2 is 1.45 bits per heavy atom. The largest absolute Gasteiger partial charge is 0.394 e. The third-order valence-corrected chi connectivity index (χ3v) is 3.90. The van der Waals surface area contributed by atoms with E-state index in [9.17, 15) is 30.6 Å². The molecule has 0 aromatic carbocycles. The van der Waals surface area contributed by atoms with Crippen molar-refractivity contribution in [3.8, 4) is 0 Å². The molecule has 10 nitrogen and oxygen atoms in total. The van der Waals surface area contributed by atoms with E-state index < -0.39 is 68.3 Å². The summed E-state index contributed by atoms with van der Waals surface area (Å²) < 4.78 is 15.6. The maximum Gasteiger partial charge on any atom is 0.187 e. The van der Waals surface area contributed by atoms with Gasteiger partial charge >= 0.3 is 0 Å². The standard InChI is InChI=1S/C12H22O10/c13-1-5-8(17)9(18)10(19)12(21-5)22-11-6(2-14)20-3-4(15)7(11)16/h4-19H,1-3H2/t4-,5+,6+,7+,8+,9-,10+,11-,12-/m0/s1. The summed E-state index contributed by atoms with van der Waals surface area (Å²) in [7, 11) is 0. The summed E-state index contributed by atoms with van der Waals surface area (Å²) in [6, 6.07) is 0. The van der Waals surface area contributed by atoms with Crippen LogP contribution in [0.4, 0.5) is 0 Å². The minimum atomic E-state index is -1.65. The lowest BCUT2D eigenvalue weighted by Gasteiger charge is -2.44. The molecule has 7 N–H and O–H groups in total. The summed E-state index contributed by atoms with van der Waals surface area (Å²) >= 11 is 0. The van der Waals surface area contributed by atoms with Gasteiger partial charge in [0.25, 0.3) is 0 Å². The molecule has 0 amide bonds. The molecule has 2 aliphatic rings. The van der Waals surface area contributed by atoms with Crippen LogP contribution in [0.15, 0.2) is 0 Å². The highest BCUT2D eigenvalue weighted by Crippen LogP contribution is 2.27. The molecular weight excluding hydrogens is 304 g/mol. The molecule has 0 aliphatic carbocycles. The first-order chi connectivity index (χ1) is 10.4. The minimum Gasteiger partial charge on any atom is -0.394 e. The molecule has 0 saturated carbocycles. The molecule has 0 unspecified atom stereocenters. The van der Waals surface area contributed by atoms with E-state index in [1.165, 1.54) is 0 Å². The Bertz CT molecular complexity index is 351. The Hall–Kier alpha value is -0.400. The average molecular weight is 326 g/mol. The van der Waals surface area contributed by atoms with E-state index in [2.05, 4.69) is 0 Å². The molecule has 0 spiro atoms. The maximum atomic E-state index is 9.93. The Morgan fingerprint density at radius 3 is 2.05 bits per heavy atom. The van der Waals surface area contributed by atoms with Crippen LogP contribution in [0.5, 0.6) is 0 Å². The lowest BCUT2D eigenvalue weighted by Crippen LogP contribution is -2.63. The fourth-order valence-electron chi connectivity index (χ4n) is 2.51. The van der Waals surface area contributed by atoms with Crippen LogP contribution in [0.25, 0.3) is 0 Å². The summed E-state index contributed by atoms with van der Waals surface area (Å²) in [6.45, 7) is -1.33. The maximum absolute atomic E-state index is 9.93. The second-order valence-electron chi connectivity index (χ2n) is 5.41. The van der Waals surface area contributed by atoms with Gasteiger partial charge in [0.05, 0.1) is 19.8 Å². The summed E-state index contributed by atoms with van der Waals surface area (Å²) in [4.78, 5) is 0. The summed E-state index contributed by atoms with van der Waals surface area (Å²) in [5.74, 6) is 0. The normalized spacial score (nSPS) is 50.0. The fourth-order valence-corrected chi connectivity index (χ4v) is 2.51. The second-order valence-corrected chi connectivity index (χ2v) is 5.41. The molecule has 0 aromatic rings. The van der Waals surface area contributed by atoms with Crippen LogP contribution in [0, 0.1) is 0 Å². The van der Waals surface area contributed by atoms with Crippen LogP contribution >= 0.6 is 0 Å². The zero-order valence-electron chi connectivity index (χ0n) is 11.7. The molecule has 2 saturated heterocycles. The molecular formula is C12H22O10. The molecule has 22 heavy (non-hydrogen) atoms. The van der Waals surface area contributed by atoms with Crippen molar-refractivity contribution in [3.63, 3.8) is 0 Å². The first kappa shape index (κ1) is 17.9. The van der Waals surface area contributed by atoms with E-state index in [0.717, 1.165) is 0 Å². The molecule has 2 rings (SSSR count). The number of rotatable bonds is 4. The lowest BCUT2D eigenvalue weighted by molar-refractivity contribution is -0.336. The van der Waals surface area contributed by atoms with Gasteiger partial charge in [-0.05, 0) is 0 Å². The second kappa shape index (κ2) is 7.45. The smallest absolute Gasteiger partial charge is 0.187 e. The third kappa shape index (κ3) is 3.41. The van der Waals surface area contributed by atoms with E-state index in [1.807, 2.05) is 0 Å². The Morgan fingerprint density at radius 1 is 0.818 bits per heavy atom. The molecule has 10 heteroatoms. The number of hydrogen-bond acceptors (Lipinski definition) is 10. The molecule has 0 radical (unpaired) electrons. The molecule has 2 fully saturated rings. The van der Waals surface area contributed by atoms with Gasteiger partial charge in [-0.15, -0.1) is 0 Å². The van der Waals surface area contributed by atoms with Crippen LogP contribution < -0.4 is 0 Å². The molecule has 0 aromatic heterocycles. The van der Waals surface area contributed by atoms with Crippen molar-refractivity contribution < 1.29 is 50.0 Å². The van der Waals surface area contributed by atoms with Crippen molar-refractivity contribution in [1.29, 1.82) is 0 Å². The van der Waals surface area contributed by atoms with Gasteiger partial charge in [-0.3, -0.25) is 0 Å². The minimum absolute atomic E-state index is 0.194. The van der Waals surface area contributed by atoms with Crippen LogP contribution in [0.2, 0.25) is 0 Å². The molecule has 9 atom stereocenters. The summed E-state index contributed by atoms with van der Waals surface area (Å²) in [6.07, 6.45) is -12.3.